The summed E-state index contributed by atoms with van der Waals surface area (Å²) in [7, 11) is 0. The monoisotopic (exact) mass is 243 g/mol. The number of hydrogen-bond donors (Lipinski definition) is 1. The van der Waals surface area contributed by atoms with Gasteiger partial charge in [-0.25, -0.2) is 0 Å². The molecule has 1 fully saturated rings. The maximum atomic E-state index is 12.2. The fraction of sp³-hybridized carbons (Fsp3) is 0.429. The molecule has 1 aliphatic rings. The molecule has 1 aromatic carbocycles. The van der Waals surface area contributed by atoms with E-state index in [-0.39, 0.29) is 11.9 Å². The van der Waals surface area contributed by atoms with E-state index >= 15 is 0 Å². The maximum absolute atomic E-state index is 12.2. The lowest BCUT2D eigenvalue weighted by atomic mass is 10.2. The number of nitrogens with zero attached hydrogens (tertiary/aromatic N) is 2. The molecule has 0 saturated carbocycles. The smallest absolute Gasteiger partial charge is 0.244 e. The predicted octanol–water partition coefficient (Wildman–Crippen LogP) is 1.66. The topological polar surface area (TPSA) is 56.1 Å². The second kappa shape index (κ2) is 5.65. The van der Waals surface area contributed by atoms with Crippen LogP contribution in [0.2, 0.25) is 0 Å². The minimum absolute atomic E-state index is 0.0734. The van der Waals surface area contributed by atoms with E-state index in [1.54, 1.807) is 17.0 Å². The molecule has 1 heterocycles. The summed E-state index contributed by atoms with van der Waals surface area (Å²) in [6.07, 6.45) is 1.85. The van der Waals surface area contributed by atoms with Crippen molar-refractivity contribution in [1.29, 1.82) is 5.26 Å². The molecule has 4 heteroatoms. The summed E-state index contributed by atoms with van der Waals surface area (Å²) in [5, 5.41) is 12.1. The molecule has 0 radical (unpaired) electrons. The first-order chi connectivity index (χ1) is 8.76. The molecule has 0 aromatic heterocycles. The average molecular weight is 243 g/mol. The number of nitriles is 1. The van der Waals surface area contributed by atoms with Gasteiger partial charge < -0.3 is 10.2 Å². The molecule has 1 atom stereocenters. The van der Waals surface area contributed by atoms with Crippen molar-refractivity contribution in [3.05, 3.63) is 29.8 Å². The first-order valence-electron chi connectivity index (χ1n) is 6.31. The van der Waals surface area contributed by atoms with E-state index in [9.17, 15) is 4.79 Å². The fourth-order valence-electron chi connectivity index (χ4n) is 2.19. The third kappa shape index (κ3) is 2.52. The number of nitrogens with one attached hydrogen (secondary N) is 1. The molecule has 1 N–H and O–H groups in total. The Morgan fingerprint density at radius 2 is 2.39 bits per heavy atom. The van der Waals surface area contributed by atoms with Gasteiger partial charge in [0.2, 0.25) is 5.91 Å². The first kappa shape index (κ1) is 12.6. The summed E-state index contributed by atoms with van der Waals surface area (Å²) in [5.41, 5.74) is 1.41. The number of benzene rings is 1. The van der Waals surface area contributed by atoms with Gasteiger partial charge in [-0.1, -0.05) is 13.0 Å². The lowest BCUT2D eigenvalue weighted by Crippen LogP contribution is -2.38. The summed E-state index contributed by atoms with van der Waals surface area (Å²) in [6, 6.07) is 9.22. The van der Waals surface area contributed by atoms with Gasteiger partial charge in [-0.15, -0.1) is 0 Å². The van der Waals surface area contributed by atoms with Crippen LogP contribution in [0.3, 0.4) is 0 Å². The molecule has 4 nitrogen and oxygen atoms in total. The molecule has 1 amide bonds. The summed E-state index contributed by atoms with van der Waals surface area (Å²) in [6.45, 7) is 3.66. The number of hydrogen-bond acceptors (Lipinski definition) is 3. The highest BCUT2D eigenvalue weighted by Gasteiger charge is 2.31. The molecule has 1 aromatic rings. The van der Waals surface area contributed by atoms with Crippen LogP contribution in [0.25, 0.3) is 0 Å². The molecule has 18 heavy (non-hydrogen) atoms. The standard InChI is InChI=1S/C14H17N3O/c1-2-7-16-13-6-8-17(14(13)18)12-5-3-4-11(9-12)10-15/h3-5,9,13,16H,2,6-8H2,1H3. The van der Waals surface area contributed by atoms with E-state index in [1.165, 1.54) is 0 Å². The minimum Gasteiger partial charge on any atom is -0.311 e. The number of carbonyl (C=O) groups excluding carboxylic acids is 1. The molecular weight excluding hydrogens is 226 g/mol. The zero-order valence-corrected chi connectivity index (χ0v) is 10.5. The van der Waals surface area contributed by atoms with E-state index in [2.05, 4.69) is 18.3 Å². The number of rotatable bonds is 4. The van der Waals surface area contributed by atoms with E-state index in [0.717, 1.165) is 31.6 Å². The Morgan fingerprint density at radius 1 is 1.56 bits per heavy atom. The third-order valence-electron chi connectivity index (χ3n) is 3.13. The van der Waals surface area contributed by atoms with Crippen molar-refractivity contribution >= 4 is 11.6 Å². The van der Waals surface area contributed by atoms with Crippen molar-refractivity contribution in [1.82, 2.24) is 5.32 Å². The van der Waals surface area contributed by atoms with E-state index in [0.29, 0.717) is 5.56 Å². The Kier molecular flexibility index (Phi) is 3.96. The van der Waals surface area contributed by atoms with E-state index in [4.69, 9.17) is 5.26 Å². The van der Waals surface area contributed by atoms with Crippen LogP contribution in [0.1, 0.15) is 25.3 Å². The van der Waals surface area contributed by atoms with Gasteiger partial charge in [0, 0.05) is 12.2 Å². The van der Waals surface area contributed by atoms with Crippen LogP contribution in [0.15, 0.2) is 24.3 Å². The van der Waals surface area contributed by atoms with Crippen LogP contribution in [0.4, 0.5) is 5.69 Å². The van der Waals surface area contributed by atoms with Crippen molar-refractivity contribution in [3.8, 4) is 6.07 Å². The summed E-state index contributed by atoms with van der Waals surface area (Å²) < 4.78 is 0. The van der Waals surface area contributed by atoms with Gasteiger partial charge in [0.1, 0.15) is 0 Å². The van der Waals surface area contributed by atoms with Crippen LogP contribution in [-0.2, 0) is 4.79 Å². The summed E-state index contributed by atoms with van der Waals surface area (Å²) >= 11 is 0. The van der Waals surface area contributed by atoms with Crippen molar-refractivity contribution < 1.29 is 4.79 Å². The van der Waals surface area contributed by atoms with E-state index in [1.807, 2.05) is 12.1 Å². The predicted molar refractivity (Wildman–Crippen MR) is 70.2 cm³/mol. The second-order valence-electron chi connectivity index (χ2n) is 4.45. The highest BCUT2D eigenvalue weighted by molar-refractivity contribution is 5.99. The van der Waals surface area contributed by atoms with E-state index < -0.39 is 0 Å². The zero-order chi connectivity index (χ0) is 13.0. The van der Waals surface area contributed by atoms with Crippen molar-refractivity contribution in [2.45, 2.75) is 25.8 Å². The second-order valence-corrected chi connectivity index (χ2v) is 4.45. The summed E-state index contributed by atoms with van der Waals surface area (Å²) in [5.74, 6) is 0.110. The van der Waals surface area contributed by atoms with Crippen LogP contribution in [0.5, 0.6) is 0 Å². The lowest BCUT2D eigenvalue weighted by molar-refractivity contribution is -0.118. The zero-order valence-electron chi connectivity index (χ0n) is 10.5. The molecule has 94 valence electrons. The van der Waals surface area contributed by atoms with Crippen molar-refractivity contribution in [2.75, 3.05) is 18.0 Å². The quantitative estimate of drug-likeness (QED) is 0.875. The lowest BCUT2D eigenvalue weighted by Gasteiger charge is -2.17. The van der Waals surface area contributed by atoms with Crippen LogP contribution in [0, 0.1) is 11.3 Å². The number of anilines is 1. The Balaban J connectivity index is 2.11. The van der Waals surface area contributed by atoms with Gasteiger partial charge in [0.25, 0.3) is 0 Å². The van der Waals surface area contributed by atoms with Crippen LogP contribution < -0.4 is 10.2 Å². The molecule has 0 bridgehead atoms. The molecule has 0 spiro atoms. The Labute approximate surface area is 107 Å². The van der Waals surface area contributed by atoms with Crippen molar-refractivity contribution in [3.63, 3.8) is 0 Å². The molecular formula is C14H17N3O. The van der Waals surface area contributed by atoms with Gasteiger partial charge >= 0.3 is 0 Å². The van der Waals surface area contributed by atoms with Gasteiger partial charge in [-0.3, -0.25) is 4.79 Å². The van der Waals surface area contributed by atoms with Gasteiger partial charge in [-0.2, -0.15) is 5.26 Å². The van der Waals surface area contributed by atoms with Crippen molar-refractivity contribution in [2.24, 2.45) is 0 Å². The average Bonchev–Trinajstić information content (AvgIpc) is 2.78. The maximum Gasteiger partial charge on any atom is 0.244 e. The molecule has 2 rings (SSSR count). The van der Waals surface area contributed by atoms with Crippen LogP contribution in [-0.4, -0.2) is 25.0 Å². The Morgan fingerprint density at radius 3 is 3.11 bits per heavy atom. The molecule has 0 aliphatic carbocycles. The normalized spacial score (nSPS) is 19.0. The minimum atomic E-state index is -0.0734. The largest absolute Gasteiger partial charge is 0.311 e. The summed E-state index contributed by atoms with van der Waals surface area (Å²) in [4.78, 5) is 14.0. The van der Waals surface area contributed by atoms with Crippen LogP contribution >= 0.6 is 0 Å². The van der Waals surface area contributed by atoms with Gasteiger partial charge in [0.05, 0.1) is 17.7 Å². The number of carbonyl (C=O) groups is 1. The van der Waals surface area contributed by atoms with Gasteiger partial charge in [-0.05, 0) is 37.6 Å². The Hall–Kier alpha value is -1.86. The highest BCUT2D eigenvalue weighted by Crippen LogP contribution is 2.22. The highest BCUT2D eigenvalue weighted by atomic mass is 16.2. The molecule has 1 unspecified atom stereocenters. The SMILES string of the molecule is CCCNC1CCN(c2cccc(C#N)c2)C1=O. The van der Waals surface area contributed by atoms with Gasteiger partial charge in [0.15, 0.2) is 0 Å². The fourth-order valence-corrected chi connectivity index (χ4v) is 2.19. The first-order valence-corrected chi connectivity index (χ1v) is 6.31. The Bertz CT molecular complexity index is 478. The molecule has 1 saturated heterocycles. The number of amides is 1. The third-order valence-corrected chi connectivity index (χ3v) is 3.13. The molecule has 1 aliphatic heterocycles.